The molecule has 1 aliphatic rings. The fourth-order valence-electron chi connectivity index (χ4n) is 2.56. The van der Waals surface area contributed by atoms with Crippen LogP contribution in [0.1, 0.15) is 35.1 Å². The van der Waals surface area contributed by atoms with Gasteiger partial charge in [0.05, 0.1) is 10.6 Å². The van der Waals surface area contributed by atoms with Crippen molar-refractivity contribution in [2.75, 3.05) is 13.2 Å². The lowest BCUT2D eigenvalue weighted by atomic mass is 10.2. The summed E-state index contributed by atoms with van der Waals surface area (Å²) in [5.41, 5.74) is 1.40. The molecule has 0 saturated carbocycles. The zero-order chi connectivity index (χ0) is 13.8. The van der Waals surface area contributed by atoms with Crippen LogP contribution in [0.5, 0.6) is 0 Å². The number of thiophene rings is 1. The summed E-state index contributed by atoms with van der Waals surface area (Å²) < 4.78 is 11.7. The Morgan fingerprint density at radius 2 is 2.45 bits per heavy atom. The molecule has 20 heavy (non-hydrogen) atoms. The van der Waals surface area contributed by atoms with Gasteiger partial charge in [-0.1, -0.05) is 11.6 Å². The average Bonchev–Trinajstić information content (AvgIpc) is 3.12. The molecule has 0 spiro atoms. The van der Waals surface area contributed by atoms with E-state index in [0.717, 1.165) is 36.1 Å². The summed E-state index contributed by atoms with van der Waals surface area (Å²) in [6, 6.07) is 6.39. The summed E-state index contributed by atoms with van der Waals surface area (Å²) in [7, 11) is 0. The number of hydrogen-bond donors (Lipinski definition) is 1. The van der Waals surface area contributed by atoms with E-state index in [9.17, 15) is 0 Å². The van der Waals surface area contributed by atoms with E-state index in [1.807, 2.05) is 12.1 Å². The molecule has 0 radical (unpaired) electrons. The van der Waals surface area contributed by atoms with Crippen LogP contribution in [0.2, 0.25) is 4.34 Å². The minimum Gasteiger partial charge on any atom is -0.467 e. The molecule has 3 nitrogen and oxygen atoms in total. The highest BCUT2D eigenvalue weighted by molar-refractivity contribution is 7.16. The van der Waals surface area contributed by atoms with Crippen LogP contribution in [0.25, 0.3) is 0 Å². The highest BCUT2D eigenvalue weighted by atomic mass is 35.5. The van der Waals surface area contributed by atoms with Gasteiger partial charge in [0.2, 0.25) is 0 Å². The van der Waals surface area contributed by atoms with Crippen molar-refractivity contribution in [1.82, 2.24) is 5.32 Å². The van der Waals surface area contributed by atoms with Gasteiger partial charge >= 0.3 is 0 Å². The van der Waals surface area contributed by atoms with Crippen molar-refractivity contribution in [3.05, 3.63) is 45.0 Å². The smallest absolute Gasteiger partial charge is 0.129 e. The molecule has 0 saturated heterocycles. The number of fused-ring (bicyclic) bond motifs is 1. The van der Waals surface area contributed by atoms with E-state index in [4.69, 9.17) is 20.8 Å². The van der Waals surface area contributed by atoms with Crippen molar-refractivity contribution < 1.29 is 9.15 Å². The molecule has 1 atom stereocenters. The number of furan rings is 1. The SMILES string of the molecule is Clc1cc2c(s1)CCC2NCCCOCc1ccco1. The van der Waals surface area contributed by atoms with E-state index < -0.39 is 0 Å². The molecule has 108 valence electrons. The summed E-state index contributed by atoms with van der Waals surface area (Å²) in [4.78, 5) is 1.45. The zero-order valence-electron chi connectivity index (χ0n) is 11.2. The number of nitrogens with one attached hydrogen (secondary N) is 1. The first kappa shape index (κ1) is 14.1. The molecule has 0 bridgehead atoms. The van der Waals surface area contributed by atoms with E-state index in [1.165, 1.54) is 16.9 Å². The molecular weight excluding hydrogens is 294 g/mol. The minimum atomic E-state index is 0.471. The highest BCUT2D eigenvalue weighted by Crippen LogP contribution is 2.39. The molecule has 2 heterocycles. The monoisotopic (exact) mass is 311 g/mol. The number of rotatable bonds is 7. The van der Waals surface area contributed by atoms with Crippen LogP contribution in [0.3, 0.4) is 0 Å². The Morgan fingerprint density at radius 3 is 3.30 bits per heavy atom. The van der Waals surface area contributed by atoms with Crippen LogP contribution >= 0.6 is 22.9 Å². The maximum atomic E-state index is 6.06. The van der Waals surface area contributed by atoms with Crippen molar-refractivity contribution in [1.29, 1.82) is 0 Å². The third-order valence-corrected chi connectivity index (χ3v) is 4.87. The standard InChI is InChI=1S/C15H18ClNO2S/c16-15-9-12-13(4-5-14(12)20-15)17-6-2-7-18-10-11-3-1-8-19-11/h1,3,8-9,13,17H,2,4-7,10H2. The zero-order valence-corrected chi connectivity index (χ0v) is 12.8. The van der Waals surface area contributed by atoms with Gasteiger partial charge in [0, 0.05) is 17.5 Å². The van der Waals surface area contributed by atoms with Gasteiger partial charge in [0.1, 0.15) is 12.4 Å². The summed E-state index contributed by atoms with van der Waals surface area (Å²) in [6.45, 7) is 2.27. The average molecular weight is 312 g/mol. The van der Waals surface area contributed by atoms with Gasteiger partial charge in [-0.25, -0.2) is 0 Å². The molecule has 5 heteroatoms. The summed E-state index contributed by atoms with van der Waals surface area (Å²) in [5, 5.41) is 3.59. The molecule has 1 unspecified atom stereocenters. The van der Waals surface area contributed by atoms with Gasteiger partial charge in [-0.3, -0.25) is 0 Å². The van der Waals surface area contributed by atoms with Crippen molar-refractivity contribution in [3.8, 4) is 0 Å². The van der Waals surface area contributed by atoms with Crippen LogP contribution in [-0.2, 0) is 17.8 Å². The first-order chi connectivity index (χ1) is 9.83. The van der Waals surface area contributed by atoms with Gasteiger partial charge in [-0.2, -0.15) is 0 Å². The van der Waals surface area contributed by atoms with Crippen LogP contribution < -0.4 is 5.32 Å². The number of hydrogen-bond acceptors (Lipinski definition) is 4. The largest absolute Gasteiger partial charge is 0.467 e. The summed E-state index contributed by atoms with van der Waals surface area (Å²) in [5.74, 6) is 0.881. The van der Waals surface area contributed by atoms with Gasteiger partial charge in [-0.05, 0) is 49.6 Å². The maximum Gasteiger partial charge on any atom is 0.129 e. The van der Waals surface area contributed by atoms with E-state index in [-0.39, 0.29) is 0 Å². The van der Waals surface area contributed by atoms with Crippen molar-refractivity contribution in [3.63, 3.8) is 0 Å². The second-order valence-electron chi connectivity index (χ2n) is 4.96. The molecule has 0 fully saturated rings. The lowest BCUT2D eigenvalue weighted by Crippen LogP contribution is -2.21. The topological polar surface area (TPSA) is 34.4 Å². The quantitative estimate of drug-likeness (QED) is 0.779. The summed E-state index contributed by atoms with van der Waals surface area (Å²) in [6.07, 6.45) is 5.01. The Labute approximate surface area is 127 Å². The normalized spacial score (nSPS) is 17.6. The Kier molecular flexibility index (Phi) is 4.78. The molecule has 0 aromatic carbocycles. The van der Waals surface area contributed by atoms with Crippen molar-refractivity contribution >= 4 is 22.9 Å². The Morgan fingerprint density at radius 1 is 1.50 bits per heavy atom. The number of halogens is 1. The van der Waals surface area contributed by atoms with Crippen molar-refractivity contribution in [2.24, 2.45) is 0 Å². The van der Waals surface area contributed by atoms with Crippen molar-refractivity contribution in [2.45, 2.75) is 31.9 Å². The van der Waals surface area contributed by atoms with Crippen LogP contribution in [0.4, 0.5) is 0 Å². The van der Waals surface area contributed by atoms with Gasteiger partial charge in [0.15, 0.2) is 0 Å². The molecule has 2 aromatic heterocycles. The van der Waals surface area contributed by atoms with E-state index in [2.05, 4.69) is 11.4 Å². The van der Waals surface area contributed by atoms with E-state index >= 15 is 0 Å². The Balaban J connectivity index is 1.32. The van der Waals surface area contributed by atoms with Gasteiger partial charge in [0.25, 0.3) is 0 Å². The van der Waals surface area contributed by atoms with Crippen LogP contribution in [0.15, 0.2) is 28.9 Å². The first-order valence-electron chi connectivity index (χ1n) is 6.94. The molecule has 0 aliphatic heterocycles. The second kappa shape index (κ2) is 6.76. The van der Waals surface area contributed by atoms with Gasteiger partial charge < -0.3 is 14.5 Å². The highest BCUT2D eigenvalue weighted by Gasteiger charge is 2.24. The molecule has 1 aliphatic carbocycles. The molecule has 2 aromatic rings. The second-order valence-corrected chi connectivity index (χ2v) is 6.73. The summed E-state index contributed by atoms with van der Waals surface area (Å²) >= 11 is 7.77. The first-order valence-corrected chi connectivity index (χ1v) is 8.14. The minimum absolute atomic E-state index is 0.471. The predicted octanol–water partition coefficient (Wildman–Crippen LogP) is 4.18. The maximum absolute atomic E-state index is 6.06. The number of aryl methyl sites for hydroxylation is 1. The molecular formula is C15H18ClNO2S. The third-order valence-electron chi connectivity index (χ3n) is 3.53. The van der Waals surface area contributed by atoms with Gasteiger partial charge in [-0.15, -0.1) is 11.3 Å². The number of ether oxygens (including phenoxy) is 1. The molecule has 1 N–H and O–H groups in total. The lowest BCUT2D eigenvalue weighted by molar-refractivity contribution is 0.103. The lowest BCUT2D eigenvalue weighted by Gasteiger charge is -2.12. The fraction of sp³-hybridized carbons (Fsp3) is 0.467. The Bertz CT molecular complexity index is 538. The fourth-order valence-corrected chi connectivity index (χ4v) is 3.92. The van der Waals surface area contributed by atoms with Crippen LogP contribution in [-0.4, -0.2) is 13.2 Å². The molecule has 3 rings (SSSR count). The molecule has 0 amide bonds. The Hall–Kier alpha value is -0.810. The predicted molar refractivity (Wildman–Crippen MR) is 81.4 cm³/mol. The van der Waals surface area contributed by atoms with Crippen LogP contribution in [0, 0.1) is 0 Å². The van der Waals surface area contributed by atoms with E-state index in [1.54, 1.807) is 17.6 Å². The van der Waals surface area contributed by atoms with E-state index in [0.29, 0.717) is 12.6 Å². The third kappa shape index (κ3) is 3.44.